The van der Waals surface area contributed by atoms with E-state index in [0.29, 0.717) is 28.6 Å². The van der Waals surface area contributed by atoms with Gasteiger partial charge in [-0.05, 0) is 31.0 Å². The first-order valence-corrected chi connectivity index (χ1v) is 8.10. The van der Waals surface area contributed by atoms with Crippen LogP contribution in [-0.4, -0.2) is 10.9 Å². The van der Waals surface area contributed by atoms with Crippen molar-refractivity contribution < 1.29 is 4.79 Å². The maximum atomic E-state index is 12.7. The zero-order chi connectivity index (χ0) is 16.0. The third-order valence-electron chi connectivity index (χ3n) is 3.44. The first-order valence-electron chi connectivity index (χ1n) is 6.93. The molecule has 0 unspecified atom stereocenters. The highest BCUT2D eigenvalue weighted by Gasteiger charge is 2.40. The average Bonchev–Trinajstić information content (AvgIpc) is 2.42. The first kappa shape index (κ1) is 18.2. The normalized spacial score (nSPS) is 11.2. The molecule has 0 fully saturated rings. The van der Waals surface area contributed by atoms with E-state index in [1.165, 1.54) is 0 Å². The highest BCUT2D eigenvalue weighted by Crippen LogP contribution is 2.34. The van der Waals surface area contributed by atoms with Gasteiger partial charge in [-0.1, -0.05) is 62.1 Å². The third kappa shape index (κ3) is 4.31. The lowest BCUT2D eigenvalue weighted by atomic mass is 9.78. The van der Waals surface area contributed by atoms with Crippen molar-refractivity contribution >= 4 is 52.0 Å². The number of carbonyl (C=O) groups excluding carboxylic acids is 1. The smallest absolute Gasteiger partial charge is 0.237 e. The van der Waals surface area contributed by atoms with Gasteiger partial charge in [0.25, 0.3) is 0 Å². The Bertz CT molecular complexity index is 528. The Kier molecular flexibility index (Phi) is 6.91. The van der Waals surface area contributed by atoms with Gasteiger partial charge in [-0.25, -0.2) is 0 Å². The van der Waals surface area contributed by atoms with Gasteiger partial charge < -0.3 is 11.1 Å². The molecule has 116 valence electrons. The summed E-state index contributed by atoms with van der Waals surface area (Å²) in [5, 5.41) is 3.75. The Morgan fingerprint density at radius 2 is 1.86 bits per heavy atom. The predicted octanol–water partition coefficient (Wildman–Crippen LogP) is 4.80. The molecular formula is C15H20Cl2N2OS. The maximum Gasteiger partial charge on any atom is 0.237 e. The third-order valence-corrected chi connectivity index (χ3v) is 4.39. The number of halogens is 2. The van der Waals surface area contributed by atoms with Gasteiger partial charge in [0, 0.05) is 5.02 Å². The summed E-state index contributed by atoms with van der Waals surface area (Å²) >= 11 is 17.2. The second-order valence-corrected chi connectivity index (χ2v) is 6.31. The minimum absolute atomic E-state index is 0.220. The molecule has 0 aliphatic rings. The van der Waals surface area contributed by atoms with Gasteiger partial charge in [0.1, 0.15) is 0 Å². The van der Waals surface area contributed by atoms with Crippen LogP contribution < -0.4 is 11.1 Å². The van der Waals surface area contributed by atoms with E-state index in [2.05, 4.69) is 5.32 Å². The molecule has 1 rings (SSSR count). The van der Waals surface area contributed by atoms with Gasteiger partial charge in [0.05, 0.1) is 21.1 Å². The molecule has 1 amide bonds. The van der Waals surface area contributed by atoms with E-state index >= 15 is 0 Å². The van der Waals surface area contributed by atoms with Crippen molar-refractivity contribution in [2.45, 2.75) is 39.5 Å². The Morgan fingerprint density at radius 3 is 2.33 bits per heavy atom. The number of nitrogens with two attached hydrogens (primary N) is 1. The summed E-state index contributed by atoms with van der Waals surface area (Å²) in [5.74, 6) is -0.220. The van der Waals surface area contributed by atoms with Crippen LogP contribution in [0.15, 0.2) is 18.2 Å². The molecule has 0 bridgehead atoms. The van der Waals surface area contributed by atoms with Crippen LogP contribution in [-0.2, 0) is 4.79 Å². The fraction of sp³-hybridized carbons (Fsp3) is 0.467. The van der Waals surface area contributed by atoms with E-state index in [-0.39, 0.29) is 10.9 Å². The quantitative estimate of drug-likeness (QED) is 0.696. The largest absolute Gasteiger partial charge is 0.392 e. The van der Waals surface area contributed by atoms with Crippen molar-refractivity contribution in [2.24, 2.45) is 11.1 Å². The molecule has 21 heavy (non-hydrogen) atoms. The van der Waals surface area contributed by atoms with E-state index < -0.39 is 5.41 Å². The molecule has 0 heterocycles. The lowest BCUT2D eigenvalue weighted by Gasteiger charge is -2.31. The van der Waals surface area contributed by atoms with Crippen molar-refractivity contribution in [2.75, 3.05) is 5.32 Å². The number of thiocarbonyl (C=S) groups is 1. The Labute approximate surface area is 141 Å². The molecule has 1 aromatic carbocycles. The number of rotatable bonds is 7. The van der Waals surface area contributed by atoms with Crippen LogP contribution in [0, 0.1) is 5.41 Å². The van der Waals surface area contributed by atoms with Gasteiger partial charge >= 0.3 is 0 Å². The van der Waals surface area contributed by atoms with Crippen LogP contribution in [0.5, 0.6) is 0 Å². The zero-order valence-corrected chi connectivity index (χ0v) is 14.5. The van der Waals surface area contributed by atoms with E-state index in [4.69, 9.17) is 41.2 Å². The number of benzene rings is 1. The second kappa shape index (κ2) is 7.97. The molecule has 3 nitrogen and oxygen atoms in total. The minimum Gasteiger partial charge on any atom is -0.392 e. The minimum atomic E-state index is -0.843. The summed E-state index contributed by atoms with van der Waals surface area (Å²) in [4.78, 5) is 13.0. The van der Waals surface area contributed by atoms with Gasteiger partial charge in [0.15, 0.2) is 0 Å². The maximum absolute atomic E-state index is 12.7. The van der Waals surface area contributed by atoms with E-state index in [0.717, 1.165) is 12.8 Å². The Hall–Kier alpha value is -0.840. The average molecular weight is 347 g/mol. The van der Waals surface area contributed by atoms with Crippen molar-refractivity contribution in [3.63, 3.8) is 0 Å². The second-order valence-electron chi connectivity index (χ2n) is 5.02. The monoisotopic (exact) mass is 346 g/mol. The van der Waals surface area contributed by atoms with Gasteiger partial charge in [-0.3, -0.25) is 4.79 Å². The molecule has 0 saturated carbocycles. The lowest BCUT2D eigenvalue weighted by molar-refractivity contribution is -0.122. The summed E-state index contributed by atoms with van der Waals surface area (Å²) in [7, 11) is 0. The van der Waals surface area contributed by atoms with Crippen LogP contribution in [0.4, 0.5) is 5.69 Å². The highest BCUT2D eigenvalue weighted by atomic mass is 35.5. The van der Waals surface area contributed by atoms with Crippen LogP contribution in [0.25, 0.3) is 0 Å². The molecule has 0 radical (unpaired) electrons. The van der Waals surface area contributed by atoms with Crippen molar-refractivity contribution in [3.8, 4) is 0 Å². The zero-order valence-electron chi connectivity index (χ0n) is 12.2. The number of hydrogen-bond donors (Lipinski definition) is 2. The molecule has 6 heteroatoms. The molecule has 0 saturated heterocycles. The van der Waals surface area contributed by atoms with Gasteiger partial charge in [0.2, 0.25) is 5.91 Å². The number of anilines is 1. The number of hydrogen-bond acceptors (Lipinski definition) is 2. The highest BCUT2D eigenvalue weighted by molar-refractivity contribution is 7.80. The topological polar surface area (TPSA) is 55.1 Å². The van der Waals surface area contributed by atoms with Crippen LogP contribution in [0.1, 0.15) is 39.5 Å². The molecule has 0 atom stereocenters. The van der Waals surface area contributed by atoms with Crippen LogP contribution in [0.2, 0.25) is 10.0 Å². The SMILES string of the molecule is CCCC(CCC)(C(=O)Nc1cc(Cl)ccc1Cl)C(N)=S. The molecule has 0 aromatic heterocycles. The van der Waals surface area contributed by atoms with E-state index in [1.54, 1.807) is 18.2 Å². The summed E-state index contributed by atoms with van der Waals surface area (Å²) < 4.78 is 0. The molecule has 0 spiro atoms. The van der Waals surface area contributed by atoms with E-state index in [9.17, 15) is 4.79 Å². The van der Waals surface area contributed by atoms with Crippen LogP contribution >= 0.6 is 35.4 Å². The fourth-order valence-electron chi connectivity index (χ4n) is 2.40. The summed E-state index contributed by atoms with van der Waals surface area (Å²) in [6.07, 6.45) is 2.85. The van der Waals surface area contributed by atoms with Gasteiger partial charge in [-0.15, -0.1) is 0 Å². The first-order chi connectivity index (χ1) is 9.87. The number of amides is 1. The van der Waals surface area contributed by atoms with Crippen LogP contribution in [0.3, 0.4) is 0 Å². The summed E-state index contributed by atoms with van der Waals surface area (Å²) in [6, 6.07) is 4.92. The lowest BCUT2D eigenvalue weighted by Crippen LogP contribution is -2.46. The van der Waals surface area contributed by atoms with Crippen molar-refractivity contribution in [1.29, 1.82) is 0 Å². The predicted molar refractivity (Wildman–Crippen MR) is 94.1 cm³/mol. The summed E-state index contributed by atoms with van der Waals surface area (Å²) in [6.45, 7) is 4.00. The fourth-order valence-corrected chi connectivity index (χ4v) is 3.03. The van der Waals surface area contributed by atoms with Gasteiger partial charge in [-0.2, -0.15) is 0 Å². The van der Waals surface area contributed by atoms with Crippen molar-refractivity contribution in [3.05, 3.63) is 28.2 Å². The Balaban J connectivity index is 3.11. The molecule has 0 aliphatic heterocycles. The number of carbonyl (C=O) groups is 1. The molecule has 1 aromatic rings. The van der Waals surface area contributed by atoms with Crippen molar-refractivity contribution in [1.82, 2.24) is 0 Å². The number of nitrogens with one attached hydrogen (secondary N) is 1. The molecule has 0 aliphatic carbocycles. The molecular weight excluding hydrogens is 327 g/mol. The molecule has 3 N–H and O–H groups in total. The standard InChI is InChI=1S/C15H20Cl2N2OS/c1-3-7-15(8-4-2,13(18)21)14(20)19-12-9-10(16)5-6-11(12)17/h5-6,9H,3-4,7-8H2,1-2H3,(H2,18,21)(H,19,20). The van der Waals surface area contributed by atoms with E-state index in [1.807, 2.05) is 13.8 Å². The summed E-state index contributed by atoms with van der Waals surface area (Å²) in [5.41, 5.74) is 5.51. The Morgan fingerprint density at radius 1 is 1.29 bits per heavy atom.